The molecule has 1 aromatic heterocycles. The highest BCUT2D eigenvalue weighted by molar-refractivity contribution is 5.73. The molecule has 0 radical (unpaired) electrons. The van der Waals surface area contributed by atoms with Crippen LogP contribution in [0.2, 0.25) is 0 Å². The van der Waals surface area contributed by atoms with E-state index in [0.29, 0.717) is 0 Å². The Morgan fingerprint density at radius 1 is 1.50 bits per heavy atom. The lowest BCUT2D eigenvalue weighted by Crippen LogP contribution is -2.20. The number of aromatic nitrogens is 1. The van der Waals surface area contributed by atoms with Crippen LogP contribution in [0.5, 0.6) is 0 Å². The molecule has 0 unspecified atom stereocenters. The van der Waals surface area contributed by atoms with Crippen molar-refractivity contribution in [3.63, 3.8) is 0 Å². The smallest absolute Gasteiger partial charge is 0.408 e. The molecule has 0 fully saturated rings. The average Bonchev–Trinajstić information content (AvgIpc) is 2.45. The van der Waals surface area contributed by atoms with Gasteiger partial charge < -0.3 is 10.2 Å². The van der Waals surface area contributed by atoms with Crippen LogP contribution in [0.15, 0.2) is 27.4 Å². The largest absolute Gasteiger partial charge is 0.420 e. The molecule has 0 aliphatic heterocycles. The number of nitrogens with two attached hydrogens (primary N) is 1. The van der Waals surface area contributed by atoms with Gasteiger partial charge in [0.2, 0.25) is 0 Å². The van der Waals surface area contributed by atoms with Gasteiger partial charge in [-0.05, 0) is 12.1 Å². The van der Waals surface area contributed by atoms with Crippen molar-refractivity contribution >= 4 is 11.1 Å². The summed E-state index contributed by atoms with van der Waals surface area (Å²) in [5, 5.41) is 0. The summed E-state index contributed by atoms with van der Waals surface area (Å²) in [7, 11) is 0. The van der Waals surface area contributed by atoms with Gasteiger partial charge in [0.1, 0.15) is 5.52 Å². The minimum absolute atomic E-state index is 0.183. The third-order valence-corrected chi connectivity index (χ3v) is 1.99. The molecule has 0 amide bonds. The first kappa shape index (κ1) is 8.96. The third-order valence-electron chi connectivity index (χ3n) is 1.99. The second kappa shape index (κ2) is 3.26. The summed E-state index contributed by atoms with van der Waals surface area (Å²) in [6.07, 6.45) is 0. The Hall–Kier alpha value is -1.62. The van der Waals surface area contributed by atoms with Crippen molar-refractivity contribution in [2.45, 2.75) is 6.54 Å². The van der Waals surface area contributed by atoms with Gasteiger partial charge >= 0.3 is 5.76 Å². The highest BCUT2D eigenvalue weighted by atomic mass is 19.1. The van der Waals surface area contributed by atoms with Crippen molar-refractivity contribution in [1.82, 2.24) is 4.57 Å². The Labute approximate surface area is 78.7 Å². The molecule has 0 saturated heterocycles. The highest BCUT2D eigenvalue weighted by Gasteiger charge is 2.11. The van der Waals surface area contributed by atoms with Crippen LogP contribution in [0.3, 0.4) is 0 Å². The molecule has 14 heavy (non-hydrogen) atoms. The molecule has 1 heterocycles. The number of hydrogen-bond donors (Lipinski definition) is 1. The maximum absolute atomic E-state index is 13.3. The Morgan fingerprint density at radius 2 is 2.29 bits per heavy atom. The highest BCUT2D eigenvalue weighted by Crippen LogP contribution is 2.15. The number of nitrogens with zero attached hydrogens (tertiary/aromatic N) is 1. The number of para-hydroxylation sites is 1. The second-order valence-electron chi connectivity index (χ2n) is 2.89. The van der Waals surface area contributed by atoms with Gasteiger partial charge in [0.15, 0.2) is 11.4 Å². The first-order chi connectivity index (χ1) is 6.74. The number of halogens is 1. The number of rotatable bonds is 2. The standard InChI is InChI=1S/C9H9FN2O2/c10-6-2-1-3-7-8(6)12(5-4-11)9(13)14-7/h1-3H,4-5,11H2. The number of fused-ring (bicyclic) bond motifs is 1. The van der Waals surface area contributed by atoms with Gasteiger partial charge in [-0.2, -0.15) is 0 Å². The minimum Gasteiger partial charge on any atom is -0.408 e. The van der Waals surface area contributed by atoms with Crippen molar-refractivity contribution in [2.24, 2.45) is 5.73 Å². The lowest BCUT2D eigenvalue weighted by atomic mass is 10.3. The van der Waals surface area contributed by atoms with Crippen molar-refractivity contribution in [3.8, 4) is 0 Å². The van der Waals surface area contributed by atoms with E-state index >= 15 is 0 Å². The van der Waals surface area contributed by atoms with Crippen LogP contribution in [-0.2, 0) is 6.54 Å². The van der Waals surface area contributed by atoms with Gasteiger partial charge in [-0.3, -0.25) is 4.57 Å². The fourth-order valence-electron chi connectivity index (χ4n) is 1.41. The predicted octanol–water partition coefficient (Wildman–Crippen LogP) is 0.692. The van der Waals surface area contributed by atoms with Gasteiger partial charge in [0.05, 0.1) is 0 Å². The fraction of sp³-hybridized carbons (Fsp3) is 0.222. The number of benzene rings is 1. The Bertz CT molecular complexity index is 515. The van der Waals surface area contributed by atoms with E-state index in [1.807, 2.05) is 0 Å². The molecule has 0 aliphatic rings. The molecule has 0 saturated carbocycles. The van der Waals surface area contributed by atoms with E-state index in [0.717, 1.165) is 0 Å². The molecule has 74 valence electrons. The van der Waals surface area contributed by atoms with Gasteiger partial charge in [-0.15, -0.1) is 0 Å². The summed E-state index contributed by atoms with van der Waals surface area (Å²) >= 11 is 0. The molecule has 2 N–H and O–H groups in total. The first-order valence-electron chi connectivity index (χ1n) is 4.22. The minimum atomic E-state index is -0.574. The predicted molar refractivity (Wildman–Crippen MR) is 49.5 cm³/mol. The van der Waals surface area contributed by atoms with Crippen LogP contribution in [0.25, 0.3) is 11.1 Å². The zero-order valence-corrected chi connectivity index (χ0v) is 7.37. The van der Waals surface area contributed by atoms with Crippen LogP contribution in [0, 0.1) is 5.82 Å². The molecule has 4 nitrogen and oxygen atoms in total. The van der Waals surface area contributed by atoms with Crippen molar-refractivity contribution in [2.75, 3.05) is 6.54 Å². The lowest BCUT2D eigenvalue weighted by Gasteiger charge is -1.98. The molecule has 2 aromatic rings. The maximum Gasteiger partial charge on any atom is 0.420 e. The third kappa shape index (κ3) is 1.22. The summed E-state index contributed by atoms with van der Waals surface area (Å²) in [5.74, 6) is -1.04. The fourth-order valence-corrected chi connectivity index (χ4v) is 1.41. The van der Waals surface area contributed by atoms with Crippen LogP contribution in [0.4, 0.5) is 4.39 Å². The Morgan fingerprint density at radius 3 is 3.00 bits per heavy atom. The number of oxazole rings is 1. The van der Waals surface area contributed by atoms with Crippen molar-refractivity contribution in [3.05, 3.63) is 34.6 Å². The van der Waals surface area contributed by atoms with Gasteiger partial charge in [-0.25, -0.2) is 9.18 Å². The van der Waals surface area contributed by atoms with E-state index < -0.39 is 11.6 Å². The van der Waals surface area contributed by atoms with Crippen LogP contribution in [0.1, 0.15) is 0 Å². The molecule has 0 spiro atoms. The topological polar surface area (TPSA) is 61.2 Å². The quantitative estimate of drug-likeness (QED) is 0.768. The maximum atomic E-state index is 13.3. The SMILES string of the molecule is NCCn1c(=O)oc2cccc(F)c21. The Kier molecular flexibility index (Phi) is 2.09. The van der Waals surface area contributed by atoms with Gasteiger partial charge in [0.25, 0.3) is 0 Å². The van der Waals surface area contributed by atoms with E-state index in [9.17, 15) is 9.18 Å². The van der Waals surface area contributed by atoms with Gasteiger partial charge in [0, 0.05) is 13.1 Å². The molecule has 2 rings (SSSR count). The molecule has 1 aromatic carbocycles. The van der Waals surface area contributed by atoms with Crippen molar-refractivity contribution < 1.29 is 8.81 Å². The molecular formula is C9H9FN2O2. The zero-order valence-electron chi connectivity index (χ0n) is 7.37. The first-order valence-corrected chi connectivity index (χ1v) is 4.22. The summed E-state index contributed by atoms with van der Waals surface area (Å²) in [4.78, 5) is 11.3. The van der Waals surface area contributed by atoms with E-state index in [1.54, 1.807) is 6.07 Å². The second-order valence-corrected chi connectivity index (χ2v) is 2.89. The van der Waals surface area contributed by atoms with Crippen LogP contribution >= 0.6 is 0 Å². The number of hydrogen-bond acceptors (Lipinski definition) is 3. The van der Waals surface area contributed by atoms with E-state index in [-0.39, 0.29) is 24.2 Å². The summed E-state index contributed by atoms with van der Waals surface area (Å²) in [6.45, 7) is 0.523. The summed E-state index contributed by atoms with van der Waals surface area (Å²) < 4.78 is 19.4. The van der Waals surface area contributed by atoms with E-state index in [4.69, 9.17) is 10.2 Å². The normalized spacial score (nSPS) is 11.0. The Balaban J connectivity index is 2.79. The van der Waals surface area contributed by atoms with Crippen LogP contribution < -0.4 is 11.5 Å². The van der Waals surface area contributed by atoms with Crippen LogP contribution in [-0.4, -0.2) is 11.1 Å². The summed E-state index contributed by atoms with van der Waals surface area (Å²) in [5.41, 5.74) is 5.74. The average molecular weight is 196 g/mol. The molecule has 5 heteroatoms. The molecule has 0 atom stereocenters. The molecular weight excluding hydrogens is 187 g/mol. The lowest BCUT2D eigenvalue weighted by molar-refractivity contribution is 0.506. The van der Waals surface area contributed by atoms with E-state index in [2.05, 4.69) is 0 Å². The van der Waals surface area contributed by atoms with Gasteiger partial charge in [-0.1, -0.05) is 6.07 Å². The monoisotopic (exact) mass is 196 g/mol. The van der Waals surface area contributed by atoms with E-state index in [1.165, 1.54) is 16.7 Å². The zero-order chi connectivity index (χ0) is 10.1. The van der Waals surface area contributed by atoms with Crippen molar-refractivity contribution in [1.29, 1.82) is 0 Å². The molecule has 0 bridgehead atoms. The summed E-state index contributed by atoms with van der Waals surface area (Å²) in [6, 6.07) is 4.32. The molecule has 0 aliphatic carbocycles.